The maximum absolute atomic E-state index is 5.82. The van der Waals surface area contributed by atoms with Crippen molar-refractivity contribution in [3.05, 3.63) is 59.6 Å². The van der Waals surface area contributed by atoms with Crippen molar-refractivity contribution < 1.29 is 18.7 Å². The third kappa shape index (κ3) is 4.95. The molecule has 3 aromatic rings. The highest BCUT2D eigenvalue weighted by molar-refractivity contribution is 7.80. The van der Waals surface area contributed by atoms with Crippen molar-refractivity contribution in [2.24, 2.45) is 0 Å². The Kier molecular flexibility index (Phi) is 7.55. The van der Waals surface area contributed by atoms with Gasteiger partial charge in [-0.2, -0.15) is 4.98 Å². The molecule has 1 aliphatic rings. The Morgan fingerprint density at radius 2 is 1.86 bits per heavy atom. The van der Waals surface area contributed by atoms with Crippen molar-refractivity contribution in [2.45, 2.75) is 32.7 Å². The zero-order valence-electron chi connectivity index (χ0n) is 20.6. The van der Waals surface area contributed by atoms with Gasteiger partial charge in [-0.25, -0.2) is 0 Å². The summed E-state index contributed by atoms with van der Waals surface area (Å²) in [7, 11) is 4.86. The van der Waals surface area contributed by atoms with Crippen LogP contribution in [0, 0.1) is 0 Å². The molecule has 0 aliphatic carbocycles. The molecule has 2 aromatic carbocycles. The minimum Gasteiger partial charge on any atom is -0.497 e. The summed E-state index contributed by atoms with van der Waals surface area (Å²) < 4.78 is 22.1. The number of aromatic nitrogens is 2. The number of allylic oxidation sites excluding steroid dienone is 1. The zero-order chi connectivity index (χ0) is 24.9. The highest BCUT2D eigenvalue weighted by Gasteiger charge is 2.34. The maximum Gasteiger partial charge on any atom is 0.258 e. The first kappa shape index (κ1) is 24.5. The monoisotopic (exact) mass is 494 g/mol. The zero-order valence-corrected chi connectivity index (χ0v) is 21.4. The topological polar surface area (TPSA) is 81.9 Å². The molecule has 0 bridgehead atoms. The SMILES string of the molecule is CCCCN1C(=S)NC(c2ccc(OC)c(OC)c2)C(c2nc(-c3cccc(OC)c3)no2)=C1C. The van der Waals surface area contributed by atoms with Crippen molar-refractivity contribution >= 4 is 22.9 Å². The fourth-order valence-corrected chi connectivity index (χ4v) is 4.48. The standard InChI is InChI=1S/C26H30N4O4S/c1-6-7-13-30-16(2)22(25-28-24(29-34-25)18-9-8-10-19(14-18)31-3)23(27-26(30)35)17-11-12-20(32-4)21(15-17)33-5/h8-12,14-15,23H,6-7,13H2,1-5H3,(H,27,35). The predicted octanol–water partition coefficient (Wildman–Crippen LogP) is 5.22. The molecule has 0 radical (unpaired) electrons. The smallest absolute Gasteiger partial charge is 0.258 e. The summed E-state index contributed by atoms with van der Waals surface area (Å²) in [4.78, 5) is 6.86. The average Bonchev–Trinajstić information content (AvgIpc) is 3.37. The van der Waals surface area contributed by atoms with E-state index < -0.39 is 0 Å². The van der Waals surface area contributed by atoms with Crippen LogP contribution < -0.4 is 19.5 Å². The van der Waals surface area contributed by atoms with Gasteiger partial charge in [0.05, 0.1) is 32.9 Å². The molecule has 8 nitrogen and oxygen atoms in total. The number of thiocarbonyl (C=S) groups is 1. The molecular weight excluding hydrogens is 464 g/mol. The Balaban J connectivity index is 1.81. The Hall–Kier alpha value is -3.59. The molecule has 1 atom stereocenters. The van der Waals surface area contributed by atoms with Gasteiger partial charge in [0.15, 0.2) is 16.6 Å². The molecule has 0 saturated heterocycles. The number of nitrogens with one attached hydrogen (secondary N) is 1. The molecule has 0 fully saturated rings. The van der Waals surface area contributed by atoms with Gasteiger partial charge < -0.3 is 29.0 Å². The first-order chi connectivity index (χ1) is 17.0. The van der Waals surface area contributed by atoms with Gasteiger partial charge in [-0.15, -0.1) is 0 Å². The normalized spacial score (nSPS) is 15.7. The van der Waals surface area contributed by atoms with Crippen LogP contribution in [-0.2, 0) is 0 Å². The molecule has 9 heteroatoms. The summed E-state index contributed by atoms with van der Waals surface area (Å²) in [6.07, 6.45) is 2.06. The lowest BCUT2D eigenvalue weighted by Gasteiger charge is -2.37. The van der Waals surface area contributed by atoms with Crippen LogP contribution in [0.1, 0.15) is 44.2 Å². The molecule has 1 N–H and O–H groups in total. The lowest BCUT2D eigenvalue weighted by Crippen LogP contribution is -2.46. The van der Waals surface area contributed by atoms with Gasteiger partial charge in [-0.3, -0.25) is 0 Å². The largest absolute Gasteiger partial charge is 0.497 e. The first-order valence-electron chi connectivity index (χ1n) is 11.5. The van der Waals surface area contributed by atoms with Crippen LogP contribution in [0.15, 0.2) is 52.7 Å². The minimum atomic E-state index is -0.307. The summed E-state index contributed by atoms with van der Waals surface area (Å²) in [5.41, 5.74) is 3.59. The van der Waals surface area contributed by atoms with Crippen LogP contribution in [0.3, 0.4) is 0 Å². The summed E-state index contributed by atoms with van der Waals surface area (Å²) in [6.45, 7) is 5.00. The van der Waals surface area contributed by atoms with Crippen LogP contribution in [-0.4, -0.2) is 48.0 Å². The maximum atomic E-state index is 5.82. The third-order valence-electron chi connectivity index (χ3n) is 6.06. The van der Waals surface area contributed by atoms with E-state index in [9.17, 15) is 0 Å². The lowest BCUT2D eigenvalue weighted by molar-refractivity contribution is 0.354. The molecule has 0 amide bonds. The summed E-state index contributed by atoms with van der Waals surface area (Å²) in [5, 5.41) is 8.41. The first-order valence-corrected chi connectivity index (χ1v) is 11.9. The Labute approximate surface area is 210 Å². The Morgan fingerprint density at radius 3 is 2.57 bits per heavy atom. The predicted molar refractivity (Wildman–Crippen MR) is 139 cm³/mol. The number of nitrogens with zero attached hydrogens (tertiary/aromatic N) is 3. The highest BCUT2D eigenvalue weighted by atomic mass is 32.1. The number of unbranched alkanes of at least 4 members (excludes halogenated alkanes) is 1. The van der Waals surface area contributed by atoms with Gasteiger partial charge in [0.25, 0.3) is 5.89 Å². The number of benzene rings is 2. The Morgan fingerprint density at radius 1 is 1.06 bits per heavy atom. The highest BCUT2D eigenvalue weighted by Crippen LogP contribution is 2.40. The summed E-state index contributed by atoms with van der Waals surface area (Å²) in [5.74, 6) is 2.92. The number of hydrogen-bond acceptors (Lipinski definition) is 7. The lowest BCUT2D eigenvalue weighted by atomic mass is 9.94. The van der Waals surface area contributed by atoms with E-state index in [1.807, 2.05) is 49.4 Å². The molecule has 2 heterocycles. The van der Waals surface area contributed by atoms with E-state index in [4.69, 9.17) is 35.9 Å². The van der Waals surface area contributed by atoms with Crippen molar-refractivity contribution in [3.63, 3.8) is 0 Å². The van der Waals surface area contributed by atoms with Crippen molar-refractivity contribution in [1.82, 2.24) is 20.4 Å². The number of hydrogen-bond donors (Lipinski definition) is 1. The molecule has 184 valence electrons. The average molecular weight is 495 g/mol. The van der Waals surface area contributed by atoms with E-state index >= 15 is 0 Å². The van der Waals surface area contributed by atoms with Crippen LogP contribution in [0.5, 0.6) is 17.2 Å². The number of methoxy groups -OCH3 is 3. The van der Waals surface area contributed by atoms with Crippen molar-refractivity contribution in [1.29, 1.82) is 0 Å². The van der Waals surface area contributed by atoms with Gasteiger partial charge >= 0.3 is 0 Å². The van der Waals surface area contributed by atoms with Crippen LogP contribution in [0.4, 0.5) is 0 Å². The van der Waals surface area contributed by atoms with Crippen LogP contribution in [0.25, 0.3) is 17.0 Å². The second-order valence-corrected chi connectivity index (χ2v) is 8.54. The van der Waals surface area contributed by atoms with E-state index in [1.54, 1.807) is 21.3 Å². The summed E-state index contributed by atoms with van der Waals surface area (Å²) in [6, 6.07) is 13.1. The number of rotatable bonds is 9. The molecule has 1 aliphatic heterocycles. The second-order valence-electron chi connectivity index (χ2n) is 8.16. The molecule has 1 unspecified atom stereocenters. The molecule has 1 aromatic heterocycles. The van der Waals surface area contributed by atoms with E-state index in [-0.39, 0.29) is 6.04 Å². The fourth-order valence-electron chi connectivity index (χ4n) is 4.14. The van der Waals surface area contributed by atoms with Gasteiger partial charge in [0.2, 0.25) is 5.82 Å². The number of ether oxygens (including phenoxy) is 3. The molecule has 0 saturated carbocycles. The van der Waals surface area contributed by atoms with Gasteiger partial charge in [-0.1, -0.05) is 36.7 Å². The molecule has 0 spiro atoms. The van der Waals surface area contributed by atoms with E-state index in [0.29, 0.717) is 28.3 Å². The fraction of sp³-hybridized carbons (Fsp3) is 0.346. The van der Waals surface area contributed by atoms with Crippen LogP contribution >= 0.6 is 12.2 Å². The molecular formula is C26H30N4O4S. The van der Waals surface area contributed by atoms with Crippen molar-refractivity contribution in [2.75, 3.05) is 27.9 Å². The minimum absolute atomic E-state index is 0.307. The van der Waals surface area contributed by atoms with Crippen molar-refractivity contribution in [3.8, 4) is 28.6 Å². The third-order valence-corrected chi connectivity index (χ3v) is 6.40. The quantitative estimate of drug-likeness (QED) is 0.402. The van der Waals surface area contributed by atoms with E-state index in [1.165, 1.54) is 0 Å². The Bertz CT molecular complexity index is 1240. The summed E-state index contributed by atoms with van der Waals surface area (Å²) >= 11 is 5.76. The molecule has 35 heavy (non-hydrogen) atoms. The van der Waals surface area contributed by atoms with Gasteiger partial charge in [0.1, 0.15) is 5.75 Å². The van der Waals surface area contributed by atoms with Gasteiger partial charge in [0, 0.05) is 17.8 Å². The van der Waals surface area contributed by atoms with E-state index in [2.05, 4.69) is 22.3 Å². The van der Waals surface area contributed by atoms with Gasteiger partial charge in [-0.05, 0) is 55.4 Å². The van der Waals surface area contributed by atoms with E-state index in [0.717, 1.165) is 47.5 Å². The second kappa shape index (κ2) is 10.8. The molecule has 4 rings (SSSR count). The van der Waals surface area contributed by atoms with Crippen LogP contribution in [0.2, 0.25) is 0 Å².